The first-order chi connectivity index (χ1) is 8.56. The Morgan fingerprint density at radius 1 is 1.33 bits per heavy atom. The van der Waals surface area contributed by atoms with Gasteiger partial charge in [0.2, 0.25) is 0 Å². The quantitative estimate of drug-likeness (QED) is 0.899. The number of aryl methyl sites for hydroxylation is 1. The van der Waals surface area contributed by atoms with E-state index < -0.39 is 0 Å². The Bertz CT molecular complexity index is 546. The minimum atomic E-state index is 0.0527. The summed E-state index contributed by atoms with van der Waals surface area (Å²) in [6, 6.07) is 6.24. The van der Waals surface area contributed by atoms with Crippen LogP contribution in [0.1, 0.15) is 22.9 Å². The molecule has 6 heteroatoms. The van der Waals surface area contributed by atoms with Gasteiger partial charge in [0.15, 0.2) is 4.60 Å². The van der Waals surface area contributed by atoms with Crippen LogP contribution in [0.3, 0.4) is 0 Å². The van der Waals surface area contributed by atoms with E-state index in [-0.39, 0.29) is 6.04 Å². The fourth-order valence-electron chi connectivity index (χ4n) is 2.02. The van der Waals surface area contributed by atoms with Gasteiger partial charge in [-0.3, -0.25) is 0 Å². The van der Waals surface area contributed by atoms with E-state index in [1.54, 1.807) is 4.68 Å². The van der Waals surface area contributed by atoms with Crippen molar-refractivity contribution in [3.63, 3.8) is 0 Å². The molecule has 4 nitrogen and oxygen atoms in total. The van der Waals surface area contributed by atoms with E-state index in [9.17, 15) is 0 Å². The Labute approximate surface area is 123 Å². The molecule has 0 radical (unpaired) electrons. The Hall–Kier alpha value is -0.720. The van der Waals surface area contributed by atoms with Crippen LogP contribution < -0.4 is 5.32 Å². The van der Waals surface area contributed by atoms with E-state index in [2.05, 4.69) is 60.5 Å². The minimum absolute atomic E-state index is 0.0527. The zero-order valence-corrected chi connectivity index (χ0v) is 13.6. The summed E-state index contributed by atoms with van der Waals surface area (Å²) in [6.07, 6.45) is 0. The van der Waals surface area contributed by atoms with Gasteiger partial charge < -0.3 is 5.32 Å². The van der Waals surface area contributed by atoms with Gasteiger partial charge in [0.25, 0.3) is 0 Å². The Balaban J connectivity index is 2.56. The van der Waals surface area contributed by atoms with Gasteiger partial charge in [-0.05, 0) is 47.1 Å². The maximum atomic E-state index is 4.04. The van der Waals surface area contributed by atoms with Crippen LogP contribution >= 0.6 is 31.9 Å². The molecule has 18 heavy (non-hydrogen) atoms. The molecular formula is C12H14Br2N4. The molecule has 0 saturated heterocycles. The van der Waals surface area contributed by atoms with Crippen molar-refractivity contribution in [2.24, 2.45) is 7.05 Å². The highest BCUT2D eigenvalue weighted by molar-refractivity contribution is 9.10. The van der Waals surface area contributed by atoms with E-state index in [4.69, 9.17) is 0 Å². The lowest BCUT2D eigenvalue weighted by Crippen LogP contribution is -2.22. The average Bonchev–Trinajstić information content (AvgIpc) is 2.67. The normalized spacial score (nSPS) is 12.7. The summed E-state index contributed by atoms with van der Waals surface area (Å²) >= 11 is 7.02. The van der Waals surface area contributed by atoms with Gasteiger partial charge in [-0.1, -0.05) is 33.3 Å². The van der Waals surface area contributed by atoms with Crippen LogP contribution in [0.4, 0.5) is 0 Å². The Kier molecular flexibility index (Phi) is 4.19. The molecule has 0 amide bonds. The number of halogens is 2. The zero-order chi connectivity index (χ0) is 13.3. The molecule has 0 saturated carbocycles. The van der Waals surface area contributed by atoms with Crippen molar-refractivity contribution in [3.8, 4) is 0 Å². The van der Waals surface area contributed by atoms with Gasteiger partial charge in [0.05, 0.1) is 11.7 Å². The van der Waals surface area contributed by atoms with Crippen LogP contribution in [0.5, 0.6) is 0 Å². The topological polar surface area (TPSA) is 42.7 Å². The molecule has 1 unspecified atom stereocenters. The molecule has 0 aliphatic heterocycles. The van der Waals surface area contributed by atoms with Gasteiger partial charge in [-0.2, -0.15) is 0 Å². The smallest absolute Gasteiger partial charge is 0.153 e. The second kappa shape index (κ2) is 5.50. The predicted molar refractivity (Wildman–Crippen MR) is 78.5 cm³/mol. The summed E-state index contributed by atoms with van der Waals surface area (Å²) in [4.78, 5) is 0. The van der Waals surface area contributed by atoms with E-state index in [1.165, 1.54) is 11.1 Å². The zero-order valence-electron chi connectivity index (χ0n) is 10.4. The molecule has 0 bridgehead atoms. The summed E-state index contributed by atoms with van der Waals surface area (Å²) in [5.41, 5.74) is 3.43. The SMILES string of the molecule is CNC(c1cccc(Br)c1C)c1c(Br)nnn1C. The molecule has 1 aromatic carbocycles. The monoisotopic (exact) mass is 372 g/mol. The molecule has 2 rings (SSSR count). The van der Waals surface area contributed by atoms with Crippen molar-refractivity contribution < 1.29 is 0 Å². The molecule has 1 atom stereocenters. The van der Waals surface area contributed by atoms with Crippen LogP contribution in [0.25, 0.3) is 0 Å². The fraction of sp³-hybridized carbons (Fsp3) is 0.333. The number of rotatable bonds is 3. The van der Waals surface area contributed by atoms with E-state index in [0.29, 0.717) is 0 Å². The molecule has 2 aromatic rings. The number of nitrogens with zero attached hydrogens (tertiary/aromatic N) is 3. The third kappa shape index (κ3) is 2.37. The second-order valence-corrected chi connectivity index (χ2v) is 5.67. The summed E-state index contributed by atoms with van der Waals surface area (Å²) in [6.45, 7) is 2.10. The van der Waals surface area contributed by atoms with Crippen LogP contribution in [0.15, 0.2) is 27.3 Å². The summed E-state index contributed by atoms with van der Waals surface area (Å²) in [5.74, 6) is 0. The summed E-state index contributed by atoms with van der Waals surface area (Å²) in [7, 11) is 3.83. The average molecular weight is 374 g/mol. The Morgan fingerprint density at radius 2 is 2.06 bits per heavy atom. The predicted octanol–water partition coefficient (Wildman–Crippen LogP) is 2.96. The van der Waals surface area contributed by atoms with Crippen molar-refractivity contribution in [3.05, 3.63) is 44.1 Å². The largest absolute Gasteiger partial charge is 0.308 e. The first kappa shape index (κ1) is 13.7. The van der Waals surface area contributed by atoms with Crippen LogP contribution in [-0.2, 0) is 7.05 Å². The molecule has 0 spiro atoms. The summed E-state index contributed by atoms with van der Waals surface area (Å²) in [5, 5.41) is 11.4. The van der Waals surface area contributed by atoms with Crippen molar-refractivity contribution in [2.75, 3.05) is 7.05 Å². The number of hydrogen-bond donors (Lipinski definition) is 1. The van der Waals surface area contributed by atoms with Crippen molar-refractivity contribution in [2.45, 2.75) is 13.0 Å². The maximum Gasteiger partial charge on any atom is 0.153 e. The maximum absolute atomic E-state index is 4.04. The highest BCUT2D eigenvalue weighted by Gasteiger charge is 2.22. The lowest BCUT2D eigenvalue weighted by molar-refractivity contribution is 0.595. The third-order valence-corrected chi connectivity index (χ3v) is 4.43. The van der Waals surface area contributed by atoms with Gasteiger partial charge in [-0.15, -0.1) is 5.10 Å². The van der Waals surface area contributed by atoms with Gasteiger partial charge >= 0.3 is 0 Å². The second-order valence-electron chi connectivity index (χ2n) is 4.06. The summed E-state index contributed by atoms with van der Waals surface area (Å²) < 4.78 is 3.65. The minimum Gasteiger partial charge on any atom is -0.308 e. The van der Waals surface area contributed by atoms with Crippen LogP contribution in [0, 0.1) is 6.92 Å². The van der Waals surface area contributed by atoms with Crippen molar-refractivity contribution >= 4 is 31.9 Å². The number of hydrogen-bond acceptors (Lipinski definition) is 3. The molecule has 1 heterocycles. The number of nitrogens with one attached hydrogen (secondary N) is 1. The van der Waals surface area contributed by atoms with Gasteiger partial charge in [0.1, 0.15) is 0 Å². The van der Waals surface area contributed by atoms with Gasteiger partial charge in [-0.25, -0.2) is 4.68 Å². The molecule has 0 fully saturated rings. The third-order valence-electron chi connectivity index (χ3n) is 3.01. The highest BCUT2D eigenvalue weighted by atomic mass is 79.9. The molecule has 96 valence electrons. The molecular weight excluding hydrogens is 360 g/mol. The van der Waals surface area contributed by atoms with E-state index in [1.807, 2.05) is 26.2 Å². The number of aromatic nitrogens is 3. The standard InChI is InChI=1S/C12H14Br2N4/c1-7-8(5-4-6-9(7)13)10(15-2)11-12(14)16-17-18(11)3/h4-6,10,15H,1-3H3. The molecule has 0 aliphatic carbocycles. The highest BCUT2D eigenvalue weighted by Crippen LogP contribution is 2.31. The fourth-order valence-corrected chi connectivity index (χ4v) is 2.96. The van der Waals surface area contributed by atoms with E-state index in [0.717, 1.165) is 14.8 Å². The number of benzene rings is 1. The molecule has 1 N–H and O–H groups in total. The van der Waals surface area contributed by atoms with E-state index >= 15 is 0 Å². The first-order valence-corrected chi connectivity index (χ1v) is 7.12. The van der Waals surface area contributed by atoms with Crippen molar-refractivity contribution in [1.82, 2.24) is 20.3 Å². The van der Waals surface area contributed by atoms with Crippen LogP contribution in [0.2, 0.25) is 0 Å². The lowest BCUT2D eigenvalue weighted by atomic mass is 9.99. The lowest BCUT2D eigenvalue weighted by Gasteiger charge is -2.19. The Morgan fingerprint density at radius 3 is 2.61 bits per heavy atom. The van der Waals surface area contributed by atoms with Crippen LogP contribution in [-0.4, -0.2) is 22.0 Å². The van der Waals surface area contributed by atoms with Crippen molar-refractivity contribution in [1.29, 1.82) is 0 Å². The molecule has 1 aromatic heterocycles. The van der Waals surface area contributed by atoms with Gasteiger partial charge in [0, 0.05) is 11.5 Å². The first-order valence-electron chi connectivity index (χ1n) is 5.53. The molecule has 0 aliphatic rings.